The van der Waals surface area contributed by atoms with Gasteiger partial charge in [-0.05, 0) is 20.3 Å². The molecule has 0 atom stereocenters. The molecule has 2 aromatic rings. The minimum absolute atomic E-state index is 0.595. The number of nitrogens with zero attached hydrogens (tertiary/aromatic N) is 2. The van der Waals surface area contributed by atoms with Gasteiger partial charge in [-0.25, -0.2) is 4.98 Å². The molecule has 3 N–H and O–H groups in total. The van der Waals surface area contributed by atoms with E-state index in [-0.39, 0.29) is 0 Å². The summed E-state index contributed by atoms with van der Waals surface area (Å²) in [5.74, 6) is 0.595. The first-order chi connectivity index (χ1) is 7.13. The van der Waals surface area contributed by atoms with Crippen molar-refractivity contribution in [3.8, 4) is 10.6 Å². The molecule has 0 amide bonds. The molecule has 0 radical (unpaired) electrons. The molecule has 2 rings (SSSR count). The summed E-state index contributed by atoms with van der Waals surface area (Å²) < 4.78 is 0. The van der Waals surface area contributed by atoms with Crippen molar-refractivity contribution in [2.45, 2.75) is 27.2 Å². The summed E-state index contributed by atoms with van der Waals surface area (Å²) in [6, 6.07) is 0. The van der Waals surface area contributed by atoms with Crippen LogP contribution >= 0.6 is 11.3 Å². The van der Waals surface area contributed by atoms with E-state index in [1.807, 2.05) is 13.8 Å². The van der Waals surface area contributed by atoms with Crippen LogP contribution in [0.5, 0.6) is 0 Å². The molecule has 0 saturated heterocycles. The first kappa shape index (κ1) is 10.2. The molecule has 5 heteroatoms. The van der Waals surface area contributed by atoms with Gasteiger partial charge < -0.3 is 5.73 Å². The maximum atomic E-state index is 5.79. The van der Waals surface area contributed by atoms with Gasteiger partial charge in [0.1, 0.15) is 5.82 Å². The van der Waals surface area contributed by atoms with Gasteiger partial charge in [0, 0.05) is 5.56 Å². The zero-order valence-corrected chi connectivity index (χ0v) is 9.90. The fraction of sp³-hybridized carbons (Fsp3) is 0.400. The molecule has 0 aliphatic heterocycles. The van der Waals surface area contributed by atoms with Crippen LogP contribution in [-0.2, 0) is 6.42 Å². The lowest BCUT2D eigenvalue weighted by Gasteiger charge is -1.98. The van der Waals surface area contributed by atoms with E-state index < -0.39 is 0 Å². The predicted octanol–water partition coefficient (Wildman–Crippen LogP) is 2.29. The Morgan fingerprint density at radius 1 is 1.40 bits per heavy atom. The Kier molecular flexibility index (Phi) is 2.48. The molecule has 0 aliphatic rings. The lowest BCUT2D eigenvalue weighted by atomic mass is 10.1. The van der Waals surface area contributed by atoms with Crippen LogP contribution in [0, 0.1) is 13.8 Å². The summed E-state index contributed by atoms with van der Waals surface area (Å²) in [6.07, 6.45) is 0.883. The van der Waals surface area contributed by atoms with Gasteiger partial charge in [0.2, 0.25) is 0 Å². The van der Waals surface area contributed by atoms with Crippen molar-refractivity contribution in [2.24, 2.45) is 0 Å². The third-order valence-corrected chi connectivity index (χ3v) is 3.47. The largest absolute Gasteiger partial charge is 0.382 e. The Morgan fingerprint density at radius 3 is 2.67 bits per heavy atom. The van der Waals surface area contributed by atoms with Crippen molar-refractivity contribution in [1.82, 2.24) is 15.2 Å². The van der Waals surface area contributed by atoms with Gasteiger partial charge in [-0.1, -0.05) is 6.92 Å². The van der Waals surface area contributed by atoms with Crippen LogP contribution in [-0.4, -0.2) is 15.2 Å². The van der Waals surface area contributed by atoms with E-state index >= 15 is 0 Å². The second-order valence-corrected chi connectivity index (χ2v) is 4.67. The Bertz CT molecular complexity index is 484. The summed E-state index contributed by atoms with van der Waals surface area (Å²) in [7, 11) is 0. The number of hydrogen-bond donors (Lipinski definition) is 2. The summed E-state index contributed by atoms with van der Waals surface area (Å²) in [5.41, 5.74) is 8.94. The van der Waals surface area contributed by atoms with Gasteiger partial charge >= 0.3 is 0 Å². The van der Waals surface area contributed by atoms with Crippen molar-refractivity contribution >= 4 is 17.2 Å². The van der Waals surface area contributed by atoms with E-state index in [1.165, 1.54) is 0 Å². The zero-order chi connectivity index (χ0) is 11.0. The zero-order valence-electron chi connectivity index (χ0n) is 9.09. The van der Waals surface area contributed by atoms with Crippen LogP contribution in [0.15, 0.2) is 0 Å². The van der Waals surface area contributed by atoms with E-state index in [1.54, 1.807) is 11.3 Å². The second-order valence-electron chi connectivity index (χ2n) is 3.46. The number of aromatic nitrogens is 3. The molecule has 0 bridgehead atoms. The number of nitrogen functional groups attached to an aromatic ring is 1. The van der Waals surface area contributed by atoms with Crippen LogP contribution in [0.25, 0.3) is 10.6 Å². The summed E-state index contributed by atoms with van der Waals surface area (Å²) >= 11 is 1.67. The molecule has 2 heterocycles. The molecule has 2 aromatic heterocycles. The highest BCUT2D eigenvalue weighted by Gasteiger charge is 2.15. The van der Waals surface area contributed by atoms with Crippen LogP contribution < -0.4 is 5.73 Å². The highest BCUT2D eigenvalue weighted by molar-refractivity contribution is 7.15. The molecule has 4 nitrogen and oxygen atoms in total. The maximum absolute atomic E-state index is 5.79. The third-order valence-electron chi connectivity index (χ3n) is 2.38. The number of nitrogens with one attached hydrogen (secondary N) is 1. The van der Waals surface area contributed by atoms with Crippen LogP contribution in [0.4, 0.5) is 5.82 Å². The first-order valence-electron chi connectivity index (χ1n) is 4.90. The fourth-order valence-corrected chi connectivity index (χ4v) is 2.63. The van der Waals surface area contributed by atoms with Gasteiger partial charge in [-0.3, -0.25) is 5.10 Å². The minimum Gasteiger partial charge on any atom is -0.382 e. The number of aryl methyl sites for hydroxylation is 2. The van der Waals surface area contributed by atoms with Gasteiger partial charge in [-0.2, -0.15) is 5.10 Å². The number of thiazole rings is 1. The average molecular weight is 222 g/mol. The monoisotopic (exact) mass is 222 g/mol. The maximum Gasteiger partial charge on any atom is 0.149 e. The predicted molar refractivity (Wildman–Crippen MR) is 63.0 cm³/mol. The van der Waals surface area contributed by atoms with E-state index in [4.69, 9.17) is 5.73 Å². The van der Waals surface area contributed by atoms with Crippen LogP contribution in [0.1, 0.15) is 23.2 Å². The summed E-state index contributed by atoms with van der Waals surface area (Å²) in [6.45, 7) is 6.09. The third kappa shape index (κ3) is 1.63. The molecule has 0 aromatic carbocycles. The Hall–Kier alpha value is -1.36. The molecule has 0 spiro atoms. The molecular weight excluding hydrogens is 208 g/mol. The Labute approximate surface area is 92.5 Å². The number of rotatable bonds is 2. The highest BCUT2D eigenvalue weighted by atomic mass is 32.1. The normalized spacial score (nSPS) is 10.9. The highest BCUT2D eigenvalue weighted by Crippen LogP contribution is 2.32. The Morgan fingerprint density at radius 2 is 2.13 bits per heavy atom. The molecular formula is C10H14N4S. The summed E-state index contributed by atoms with van der Waals surface area (Å²) in [4.78, 5) is 5.55. The quantitative estimate of drug-likeness (QED) is 0.819. The fourth-order valence-electron chi connectivity index (χ4n) is 1.69. The number of aromatic amines is 1. The molecule has 0 fully saturated rings. The van der Waals surface area contributed by atoms with Gasteiger partial charge in [0.25, 0.3) is 0 Å². The molecule has 80 valence electrons. The van der Waals surface area contributed by atoms with E-state index in [0.29, 0.717) is 5.82 Å². The first-order valence-corrected chi connectivity index (χ1v) is 5.72. The van der Waals surface area contributed by atoms with Gasteiger partial charge in [-0.15, -0.1) is 11.3 Å². The SMILES string of the molecule is CCc1c(N)n[nH]c1-c1sc(C)nc1C. The molecule has 15 heavy (non-hydrogen) atoms. The molecule has 0 aliphatic carbocycles. The number of anilines is 1. The minimum atomic E-state index is 0.595. The lowest BCUT2D eigenvalue weighted by Crippen LogP contribution is -1.90. The van der Waals surface area contributed by atoms with Crippen molar-refractivity contribution in [3.63, 3.8) is 0 Å². The average Bonchev–Trinajstić information content (AvgIpc) is 2.69. The van der Waals surface area contributed by atoms with E-state index in [9.17, 15) is 0 Å². The second kappa shape index (κ2) is 3.66. The molecule has 0 unspecified atom stereocenters. The summed E-state index contributed by atoms with van der Waals surface area (Å²) in [5, 5.41) is 8.10. The standard InChI is InChI=1S/C10H14N4S/c1-4-7-8(13-14-10(7)11)9-5(2)12-6(3)15-9/h4H2,1-3H3,(H3,11,13,14). The van der Waals surface area contributed by atoms with Crippen LogP contribution in [0.3, 0.4) is 0 Å². The van der Waals surface area contributed by atoms with Crippen molar-refractivity contribution in [2.75, 3.05) is 5.73 Å². The Balaban J connectivity index is 2.58. The van der Waals surface area contributed by atoms with Gasteiger partial charge in [0.15, 0.2) is 0 Å². The van der Waals surface area contributed by atoms with Crippen molar-refractivity contribution in [3.05, 3.63) is 16.3 Å². The van der Waals surface area contributed by atoms with E-state index in [0.717, 1.165) is 33.3 Å². The van der Waals surface area contributed by atoms with Gasteiger partial charge in [0.05, 0.1) is 21.3 Å². The number of H-pyrrole nitrogens is 1. The topological polar surface area (TPSA) is 67.6 Å². The lowest BCUT2D eigenvalue weighted by molar-refractivity contribution is 1.10. The number of hydrogen-bond acceptors (Lipinski definition) is 4. The van der Waals surface area contributed by atoms with E-state index in [2.05, 4.69) is 22.1 Å². The van der Waals surface area contributed by atoms with Crippen molar-refractivity contribution in [1.29, 1.82) is 0 Å². The van der Waals surface area contributed by atoms with Crippen molar-refractivity contribution < 1.29 is 0 Å². The smallest absolute Gasteiger partial charge is 0.149 e. The van der Waals surface area contributed by atoms with Crippen LogP contribution in [0.2, 0.25) is 0 Å². The number of nitrogens with two attached hydrogens (primary N) is 1. The molecule has 0 saturated carbocycles.